The van der Waals surface area contributed by atoms with E-state index in [1.807, 2.05) is 6.20 Å². The van der Waals surface area contributed by atoms with E-state index in [9.17, 15) is 0 Å². The lowest BCUT2D eigenvalue weighted by atomic mass is 10.1. The summed E-state index contributed by atoms with van der Waals surface area (Å²) in [7, 11) is 0. The first-order valence-corrected chi connectivity index (χ1v) is 6.90. The predicted molar refractivity (Wildman–Crippen MR) is 76.3 cm³/mol. The lowest BCUT2D eigenvalue weighted by Crippen LogP contribution is -2.44. The normalized spacial score (nSPS) is 17.4. The van der Waals surface area contributed by atoms with Crippen LogP contribution in [0.1, 0.15) is 5.56 Å². The molecule has 1 aromatic carbocycles. The summed E-state index contributed by atoms with van der Waals surface area (Å²) in [6, 6.07) is 6.36. The summed E-state index contributed by atoms with van der Waals surface area (Å²) in [6.07, 6.45) is 2.94. The molecule has 0 radical (unpaired) electrons. The van der Waals surface area contributed by atoms with Crippen molar-refractivity contribution in [1.29, 1.82) is 0 Å². The van der Waals surface area contributed by atoms with Crippen LogP contribution in [0.3, 0.4) is 0 Å². The number of hydrogen-bond donors (Lipinski definition) is 2. The van der Waals surface area contributed by atoms with Crippen LogP contribution >= 0.6 is 11.6 Å². The van der Waals surface area contributed by atoms with Crippen molar-refractivity contribution in [2.75, 3.05) is 32.7 Å². The maximum atomic E-state index is 6.24. The van der Waals surface area contributed by atoms with E-state index in [0.29, 0.717) is 0 Å². The van der Waals surface area contributed by atoms with Crippen molar-refractivity contribution in [1.82, 2.24) is 15.2 Å². The topological polar surface area (TPSA) is 31.1 Å². The number of piperazine rings is 1. The van der Waals surface area contributed by atoms with Gasteiger partial charge in [0.15, 0.2) is 0 Å². The third kappa shape index (κ3) is 2.39. The number of nitrogens with one attached hydrogen (secondary N) is 2. The van der Waals surface area contributed by atoms with Crippen molar-refractivity contribution in [3.8, 4) is 0 Å². The summed E-state index contributed by atoms with van der Waals surface area (Å²) < 4.78 is 0. The van der Waals surface area contributed by atoms with E-state index in [2.05, 4.69) is 33.4 Å². The van der Waals surface area contributed by atoms with Gasteiger partial charge in [-0.15, -0.1) is 0 Å². The molecule has 0 amide bonds. The molecule has 0 spiro atoms. The molecular formula is C14H18ClN3. The Bertz CT molecular complexity index is 529. The minimum Gasteiger partial charge on any atom is -0.360 e. The first-order chi connectivity index (χ1) is 8.84. The Morgan fingerprint density at radius 3 is 2.89 bits per heavy atom. The van der Waals surface area contributed by atoms with Crippen LogP contribution < -0.4 is 5.32 Å². The Kier molecular flexibility index (Phi) is 3.55. The minimum absolute atomic E-state index is 0.834. The molecular weight excluding hydrogens is 246 g/mol. The number of aromatic amines is 1. The van der Waals surface area contributed by atoms with E-state index in [4.69, 9.17) is 11.6 Å². The fourth-order valence-corrected chi connectivity index (χ4v) is 2.92. The molecule has 0 atom stereocenters. The van der Waals surface area contributed by atoms with Gasteiger partial charge in [-0.05, 0) is 18.1 Å². The molecule has 3 rings (SSSR count). The number of halogens is 1. The molecule has 2 heterocycles. The summed E-state index contributed by atoms with van der Waals surface area (Å²) in [5, 5.41) is 5.40. The molecule has 1 aromatic heterocycles. The number of nitrogens with zero attached hydrogens (tertiary/aromatic N) is 1. The van der Waals surface area contributed by atoms with Crippen LogP contribution in [0.25, 0.3) is 10.9 Å². The van der Waals surface area contributed by atoms with Gasteiger partial charge >= 0.3 is 0 Å². The zero-order valence-corrected chi connectivity index (χ0v) is 11.1. The molecule has 0 unspecified atom stereocenters. The lowest BCUT2D eigenvalue weighted by molar-refractivity contribution is 0.244. The maximum absolute atomic E-state index is 6.24. The number of aromatic nitrogens is 1. The molecule has 0 bridgehead atoms. The Balaban J connectivity index is 1.75. The van der Waals surface area contributed by atoms with Crippen LogP contribution in [0.5, 0.6) is 0 Å². The summed E-state index contributed by atoms with van der Waals surface area (Å²) in [6.45, 7) is 5.63. The third-order valence-corrected chi connectivity index (χ3v) is 3.95. The molecule has 1 fully saturated rings. The predicted octanol–water partition coefficient (Wildman–Crippen LogP) is 2.27. The monoisotopic (exact) mass is 263 g/mol. The van der Waals surface area contributed by atoms with Gasteiger partial charge < -0.3 is 15.2 Å². The van der Waals surface area contributed by atoms with Crippen molar-refractivity contribution in [3.05, 3.63) is 35.0 Å². The number of H-pyrrole nitrogens is 1. The molecule has 1 saturated heterocycles. The van der Waals surface area contributed by atoms with Crippen LogP contribution in [-0.2, 0) is 6.42 Å². The molecule has 1 aliphatic rings. The highest BCUT2D eigenvalue weighted by Gasteiger charge is 2.11. The number of benzene rings is 1. The molecule has 18 heavy (non-hydrogen) atoms. The minimum atomic E-state index is 0.834. The molecule has 2 aromatic rings. The summed E-state index contributed by atoms with van der Waals surface area (Å²) in [4.78, 5) is 5.72. The van der Waals surface area contributed by atoms with Crippen molar-refractivity contribution in [3.63, 3.8) is 0 Å². The van der Waals surface area contributed by atoms with Crippen LogP contribution in [-0.4, -0.2) is 42.6 Å². The average molecular weight is 264 g/mol. The van der Waals surface area contributed by atoms with E-state index in [1.165, 1.54) is 10.9 Å². The molecule has 3 nitrogen and oxygen atoms in total. The van der Waals surface area contributed by atoms with E-state index < -0.39 is 0 Å². The quantitative estimate of drug-likeness (QED) is 0.890. The zero-order valence-electron chi connectivity index (χ0n) is 10.4. The van der Waals surface area contributed by atoms with Crippen molar-refractivity contribution < 1.29 is 0 Å². The SMILES string of the molecule is Clc1c[nH]c2cccc(CCN3CCNCC3)c12. The summed E-state index contributed by atoms with van der Waals surface area (Å²) in [5.41, 5.74) is 2.48. The first kappa shape index (κ1) is 12.0. The number of rotatable bonds is 3. The highest BCUT2D eigenvalue weighted by atomic mass is 35.5. The van der Waals surface area contributed by atoms with Crippen LogP contribution in [0.15, 0.2) is 24.4 Å². The molecule has 96 valence electrons. The highest BCUT2D eigenvalue weighted by molar-refractivity contribution is 6.35. The van der Waals surface area contributed by atoms with E-state index in [0.717, 1.165) is 49.7 Å². The third-order valence-electron chi connectivity index (χ3n) is 3.65. The molecule has 0 saturated carbocycles. The van der Waals surface area contributed by atoms with Gasteiger partial charge in [-0.1, -0.05) is 23.7 Å². The Morgan fingerprint density at radius 1 is 1.22 bits per heavy atom. The van der Waals surface area contributed by atoms with E-state index in [1.54, 1.807) is 0 Å². The van der Waals surface area contributed by atoms with Gasteiger partial charge in [0.1, 0.15) is 0 Å². The molecule has 0 aliphatic carbocycles. The second-order valence-corrected chi connectivity index (χ2v) is 5.23. The second kappa shape index (κ2) is 5.31. The Hall–Kier alpha value is -1.03. The Morgan fingerprint density at radius 2 is 2.06 bits per heavy atom. The highest BCUT2D eigenvalue weighted by Crippen LogP contribution is 2.26. The van der Waals surface area contributed by atoms with Crippen LogP contribution in [0, 0.1) is 0 Å². The second-order valence-electron chi connectivity index (χ2n) is 4.82. The van der Waals surface area contributed by atoms with Crippen LogP contribution in [0.4, 0.5) is 0 Å². The molecule has 2 N–H and O–H groups in total. The van der Waals surface area contributed by atoms with Gasteiger partial charge in [-0.2, -0.15) is 0 Å². The van der Waals surface area contributed by atoms with Crippen molar-refractivity contribution >= 4 is 22.5 Å². The fourth-order valence-electron chi connectivity index (χ4n) is 2.64. The lowest BCUT2D eigenvalue weighted by Gasteiger charge is -2.27. The zero-order chi connectivity index (χ0) is 12.4. The largest absolute Gasteiger partial charge is 0.360 e. The number of fused-ring (bicyclic) bond motifs is 1. The van der Waals surface area contributed by atoms with Gasteiger partial charge in [0, 0.05) is 49.8 Å². The van der Waals surface area contributed by atoms with Gasteiger partial charge in [-0.25, -0.2) is 0 Å². The van der Waals surface area contributed by atoms with E-state index in [-0.39, 0.29) is 0 Å². The van der Waals surface area contributed by atoms with Gasteiger partial charge in [-0.3, -0.25) is 0 Å². The van der Waals surface area contributed by atoms with Gasteiger partial charge in [0.05, 0.1) is 5.02 Å². The average Bonchev–Trinajstić information content (AvgIpc) is 2.80. The standard InChI is InChI=1S/C14H18ClN3/c15-12-10-17-13-3-1-2-11(14(12)13)4-7-18-8-5-16-6-9-18/h1-3,10,16-17H,4-9H2. The van der Waals surface area contributed by atoms with Crippen molar-refractivity contribution in [2.45, 2.75) is 6.42 Å². The molecule has 4 heteroatoms. The number of hydrogen-bond acceptors (Lipinski definition) is 2. The van der Waals surface area contributed by atoms with E-state index >= 15 is 0 Å². The van der Waals surface area contributed by atoms with Gasteiger partial charge in [0.2, 0.25) is 0 Å². The molecule has 1 aliphatic heterocycles. The summed E-state index contributed by atoms with van der Waals surface area (Å²) in [5.74, 6) is 0. The fraction of sp³-hybridized carbons (Fsp3) is 0.429. The van der Waals surface area contributed by atoms with Crippen molar-refractivity contribution in [2.24, 2.45) is 0 Å². The maximum Gasteiger partial charge on any atom is 0.0662 e. The smallest absolute Gasteiger partial charge is 0.0662 e. The van der Waals surface area contributed by atoms with Crippen LogP contribution in [0.2, 0.25) is 5.02 Å². The van der Waals surface area contributed by atoms with Gasteiger partial charge in [0.25, 0.3) is 0 Å². The summed E-state index contributed by atoms with van der Waals surface area (Å²) >= 11 is 6.24. The first-order valence-electron chi connectivity index (χ1n) is 6.52. The Labute approximate surface area is 112 Å².